The molecule has 1 aromatic heterocycles. The van der Waals surface area contributed by atoms with Gasteiger partial charge in [-0.3, -0.25) is 0 Å². The van der Waals surface area contributed by atoms with Gasteiger partial charge < -0.3 is 25.4 Å². The zero-order valence-electron chi connectivity index (χ0n) is 18.2. The molecule has 0 saturated carbocycles. The van der Waals surface area contributed by atoms with Gasteiger partial charge in [0.2, 0.25) is 0 Å². The Morgan fingerprint density at radius 2 is 1.73 bits per heavy atom. The van der Waals surface area contributed by atoms with Crippen molar-refractivity contribution in [3.63, 3.8) is 0 Å². The van der Waals surface area contributed by atoms with Gasteiger partial charge >= 0.3 is 0 Å². The minimum absolute atomic E-state index is 0.617. The predicted octanol–water partition coefficient (Wildman–Crippen LogP) is 3.44. The van der Waals surface area contributed by atoms with E-state index in [0.717, 1.165) is 75.2 Å². The third-order valence-electron chi connectivity index (χ3n) is 4.41. The van der Waals surface area contributed by atoms with E-state index in [4.69, 9.17) is 14.5 Å². The summed E-state index contributed by atoms with van der Waals surface area (Å²) >= 11 is 0. The van der Waals surface area contributed by atoms with Gasteiger partial charge in [-0.15, -0.1) is 0 Å². The smallest absolute Gasteiger partial charge is 0.191 e. The molecule has 0 aliphatic carbocycles. The first kappa shape index (κ1) is 23.5. The summed E-state index contributed by atoms with van der Waals surface area (Å²) in [5.41, 5.74) is 1.14. The molecular formula is C23H35N5O2. The number of ether oxygens (including phenoxy) is 2. The van der Waals surface area contributed by atoms with Crippen LogP contribution in [0.2, 0.25) is 0 Å². The molecule has 3 N–H and O–H groups in total. The second kappa shape index (κ2) is 15.1. The summed E-state index contributed by atoms with van der Waals surface area (Å²) in [6, 6.07) is 13.9. The SMILES string of the molecule is CCOCCCNC(=NCc1ccc(OC)cc1)NCCCCNc1ccccn1. The first-order chi connectivity index (χ1) is 14.8. The molecule has 7 heteroatoms. The van der Waals surface area contributed by atoms with E-state index in [1.807, 2.05) is 49.4 Å². The minimum atomic E-state index is 0.617. The quantitative estimate of drug-likeness (QED) is 0.250. The highest BCUT2D eigenvalue weighted by atomic mass is 16.5. The van der Waals surface area contributed by atoms with E-state index in [2.05, 4.69) is 20.9 Å². The lowest BCUT2D eigenvalue weighted by Crippen LogP contribution is -2.38. The number of hydrogen-bond donors (Lipinski definition) is 3. The normalized spacial score (nSPS) is 11.2. The van der Waals surface area contributed by atoms with Gasteiger partial charge in [-0.05, 0) is 56.0 Å². The second-order valence-corrected chi connectivity index (χ2v) is 6.77. The molecular weight excluding hydrogens is 378 g/mol. The number of unbranched alkanes of at least 4 members (excludes halogenated alkanes) is 1. The van der Waals surface area contributed by atoms with Gasteiger partial charge in [0, 0.05) is 39.0 Å². The molecule has 30 heavy (non-hydrogen) atoms. The molecule has 0 aliphatic heterocycles. The van der Waals surface area contributed by atoms with Gasteiger partial charge in [-0.2, -0.15) is 0 Å². The predicted molar refractivity (Wildman–Crippen MR) is 123 cm³/mol. The number of hydrogen-bond acceptors (Lipinski definition) is 5. The Kier molecular flexibility index (Phi) is 11.8. The van der Waals surface area contributed by atoms with Crippen molar-refractivity contribution in [1.29, 1.82) is 0 Å². The molecule has 0 spiro atoms. The third kappa shape index (κ3) is 10.1. The molecule has 0 amide bonds. The van der Waals surface area contributed by atoms with Crippen LogP contribution in [0.5, 0.6) is 5.75 Å². The maximum Gasteiger partial charge on any atom is 0.191 e. The van der Waals surface area contributed by atoms with Crippen molar-refractivity contribution in [2.24, 2.45) is 4.99 Å². The summed E-state index contributed by atoms with van der Waals surface area (Å²) < 4.78 is 10.6. The lowest BCUT2D eigenvalue weighted by atomic mass is 10.2. The van der Waals surface area contributed by atoms with Gasteiger partial charge in [0.05, 0.1) is 13.7 Å². The van der Waals surface area contributed by atoms with Crippen LogP contribution in [-0.2, 0) is 11.3 Å². The van der Waals surface area contributed by atoms with Crippen LogP contribution < -0.4 is 20.7 Å². The van der Waals surface area contributed by atoms with Crippen LogP contribution in [0.4, 0.5) is 5.82 Å². The highest BCUT2D eigenvalue weighted by Gasteiger charge is 2.00. The van der Waals surface area contributed by atoms with Gasteiger partial charge in [-0.25, -0.2) is 9.98 Å². The highest BCUT2D eigenvalue weighted by molar-refractivity contribution is 5.79. The van der Waals surface area contributed by atoms with E-state index < -0.39 is 0 Å². The Bertz CT molecular complexity index is 707. The molecule has 1 heterocycles. The number of nitrogens with zero attached hydrogens (tertiary/aromatic N) is 2. The largest absolute Gasteiger partial charge is 0.497 e. The van der Waals surface area contributed by atoms with Gasteiger partial charge in [0.1, 0.15) is 11.6 Å². The zero-order valence-corrected chi connectivity index (χ0v) is 18.2. The number of anilines is 1. The first-order valence-electron chi connectivity index (χ1n) is 10.7. The van der Waals surface area contributed by atoms with Gasteiger partial charge in [0.25, 0.3) is 0 Å². The van der Waals surface area contributed by atoms with Crippen LogP contribution in [0.15, 0.2) is 53.7 Å². The van der Waals surface area contributed by atoms with Crippen LogP contribution in [0.3, 0.4) is 0 Å². The van der Waals surface area contributed by atoms with Crippen LogP contribution >= 0.6 is 0 Å². The van der Waals surface area contributed by atoms with E-state index in [9.17, 15) is 0 Å². The van der Waals surface area contributed by atoms with E-state index >= 15 is 0 Å². The molecule has 0 atom stereocenters. The second-order valence-electron chi connectivity index (χ2n) is 6.77. The molecule has 0 saturated heterocycles. The number of benzene rings is 1. The molecule has 164 valence electrons. The fourth-order valence-corrected chi connectivity index (χ4v) is 2.74. The van der Waals surface area contributed by atoms with Crippen molar-refractivity contribution in [2.45, 2.75) is 32.7 Å². The standard InChI is InChI=1S/C23H35N5O2/c1-3-30-18-8-17-27-23(28-19-20-10-12-21(29-2)13-11-20)26-16-7-6-15-25-22-9-4-5-14-24-22/h4-5,9-14H,3,6-8,15-19H2,1-2H3,(H,24,25)(H2,26,27,28). The maximum absolute atomic E-state index is 5.40. The molecule has 2 aromatic rings. The van der Waals surface area contributed by atoms with Crippen molar-refractivity contribution >= 4 is 11.8 Å². The summed E-state index contributed by atoms with van der Waals surface area (Å²) in [6.07, 6.45) is 4.85. The minimum Gasteiger partial charge on any atom is -0.497 e. The molecule has 0 unspecified atom stereocenters. The fourth-order valence-electron chi connectivity index (χ4n) is 2.74. The van der Waals surface area contributed by atoms with Crippen molar-refractivity contribution in [2.75, 3.05) is 45.3 Å². The lowest BCUT2D eigenvalue weighted by molar-refractivity contribution is 0.145. The topological polar surface area (TPSA) is 79.8 Å². The van der Waals surface area contributed by atoms with Crippen molar-refractivity contribution < 1.29 is 9.47 Å². The molecule has 0 radical (unpaired) electrons. The average molecular weight is 414 g/mol. The van der Waals surface area contributed by atoms with Crippen molar-refractivity contribution in [1.82, 2.24) is 15.6 Å². The Balaban J connectivity index is 1.73. The summed E-state index contributed by atoms with van der Waals surface area (Å²) in [7, 11) is 1.67. The zero-order chi connectivity index (χ0) is 21.3. The van der Waals surface area contributed by atoms with Crippen molar-refractivity contribution in [3.05, 3.63) is 54.2 Å². The number of methoxy groups -OCH3 is 1. The monoisotopic (exact) mass is 413 g/mol. The molecule has 2 rings (SSSR count). The Morgan fingerprint density at radius 3 is 2.43 bits per heavy atom. The Morgan fingerprint density at radius 1 is 0.967 bits per heavy atom. The average Bonchev–Trinajstić information content (AvgIpc) is 2.80. The van der Waals surface area contributed by atoms with E-state index in [0.29, 0.717) is 6.54 Å². The maximum atomic E-state index is 5.40. The molecule has 0 aliphatic rings. The number of pyridine rings is 1. The summed E-state index contributed by atoms with van der Waals surface area (Å²) in [4.78, 5) is 8.99. The van der Waals surface area contributed by atoms with Crippen molar-refractivity contribution in [3.8, 4) is 5.75 Å². The van der Waals surface area contributed by atoms with E-state index in [1.165, 1.54) is 0 Å². The fraction of sp³-hybridized carbons (Fsp3) is 0.478. The van der Waals surface area contributed by atoms with Crippen LogP contribution in [0.1, 0.15) is 31.7 Å². The van der Waals surface area contributed by atoms with E-state index in [-0.39, 0.29) is 0 Å². The molecule has 0 fully saturated rings. The summed E-state index contributed by atoms with van der Waals surface area (Å²) in [6.45, 7) is 6.74. The molecule has 1 aromatic carbocycles. The van der Waals surface area contributed by atoms with Crippen LogP contribution in [0, 0.1) is 0 Å². The van der Waals surface area contributed by atoms with Crippen LogP contribution in [0.25, 0.3) is 0 Å². The number of rotatable bonds is 14. The third-order valence-corrected chi connectivity index (χ3v) is 4.41. The van der Waals surface area contributed by atoms with Gasteiger partial charge in [-0.1, -0.05) is 18.2 Å². The summed E-state index contributed by atoms with van der Waals surface area (Å²) in [5.74, 6) is 2.61. The number of nitrogens with one attached hydrogen (secondary N) is 3. The number of aliphatic imine (C=N–C) groups is 1. The Hall–Kier alpha value is -2.80. The lowest BCUT2D eigenvalue weighted by Gasteiger charge is -2.13. The van der Waals surface area contributed by atoms with Crippen LogP contribution in [-0.4, -0.2) is 50.9 Å². The number of guanidine groups is 1. The molecule has 7 nitrogen and oxygen atoms in total. The summed E-state index contributed by atoms with van der Waals surface area (Å²) in [5, 5.41) is 10.2. The first-order valence-corrected chi connectivity index (χ1v) is 10.7. The van der Waals surface area contributed by atoms with Gasteiger partial charge in [0.15, 0.2) is 5.96 Å². The molecule has 0 bridgehead atoms. The van der Waals surface area contributed by atoms with E-state index in [1.54, 1.807) is 13.3 Å². The Labute approximate surface area is 180 Å². The highest BCUT2D eigenvalue weighted by Crippen LogP contribution is 2.11. The number of aromatic nitrogens is 1.